The Morgan fingerprint density at radius 3 is 2.40 bits per heavy atom. The number of rotatable bonds is 7. The number of hydrogen-bond donors (Lipinski definition) is 2. The maximum Gasteiger partial charge on any atom is 0.319 e. The van der Waals surface area contributed by atoms with Crippen molar-refractivity contribution in [2.24, 2.45) is 0 Å². The minimum Gasteiger partial charge on any atom is -0.331 e. The van der Waals surface area contributed by atoms with Gasteiger partial charge < -0.3 is 10.6 Å². The number of hydrogen-bond acceptors (Lipinski definition) is 4. The normalized spacial score (nSPS) is 10.9. The van der Waals surface area contributed by atoms with Gasteiger partial charge in [0.15, 0.2) is 11.0 Å². The first kappa shape index (κ1) is 25.6. The van der Waals surface area contributed by atoms with Crippen LogP contribution in [-0.4, -0.2) is 20.8 Å². The monoisotopic (exact) mass is 569 g/mol. The van der Waals surface area contributed by atoms with Crippen molar-refractivity contribution in [3.8, 4) is 5.69 Å². The molecule has 2 N–H and O–H groups in total. The summed E-state index contributed by atoms with van der Waals surface area (Å²) >= 11 is 25.8. The Morgan fingerprint density at radius 2 is 1.69 bits per heavy atom. The lowest BCUT2D eigenvalue weighted by Gasteiger charge is -2.13. The van der Waals surface area contributed by atoms with Crippen molar-refractivity contribution in [3.05, 3.63) is 98.0 Å². The van der Waals surface area contributed by atoms with Gasteiger partial charge in [-0.15, -0.1) is 10.2 Å². The summed E-state index contributed by atoms with van der Waals surface area (Å²) in [5, 5.41) is 16.1. The lowest BCUT2D eigenvalue weighted by atomic mass is 10.2. The predicted octanol–water partition coefficient (Wildman–Crippen LogP) is 7.63. The highest BCUT2D eigenvalue weighted by Crippen LogP contribution is 2.31. The number of carbonyl (C=O) groups excluding carboxylic acids is 1. The molecule has 12 heteroatoms. The average Bonchev–Trinajstić information content (AvgIpc) is 3.22. The Hall–Kier alpha value is -2.49. The fraction of sp³-hybridized carbons (Fsp3) is 0.0870. The molecule has 3 aromatic carbocycles. The summed E-state index contributed by atoms with van der Waals surface area (Å²) in [4.78, 5) is 12.5. The molecule has 35 heavy (non-hydrogen) atoms. The second-order valence-electron chi connectivity index (χ2n) is 7.18. The lowest BCUT2D eigenvalue weighted by Crippen LogP contribution is -2.29. The second kappa shape index (κ2) is 11.5. The van der Waals surface area contributed by atoms with Gasteiger partial charge in [0.1, 0.15) is 5.82 Å². The second-order valence-corrected chi connectivity index (χ2v) is 9.78. The van der Waals surface area contributed by atoms with Crippen LogP contribution in [0.4, 0.5) is 14.9 Å². The van der Waals surface area contributed by atoms with Crippen molar-refractivity contribution in [2.45, 2.75) is 17.5 Å². The van der Waals surface area contributed by atoms with Gasteiger partial charge in [0, 0.05) is 16.5 Å². The van der Waals surface area contributed by atoms with Gasteiger partial charge in [-0.05, 0) is 54.1 Å². The summed E-state index contributed by atoms with van der Waals surface area (Å²) in [6, 6.07) is 15.6. The van der Waals surface area contributed by atoms with Crippen LogP contribution in [0, 0.1) is 5.82 Å². The van der Waals surface area contributed by atoms with Crippen LogP contribution in [0.1, 0.15) is 11.4 Å². The van der Waals surface area contributed by atoms with Crippen LogP contribution in [0.5, 0.6) is 0 Å². The molecule has 0 fully saturated rings. The molecule has 0 aliphatic rings. The van der Waals surface area contributed by atoms with Crippen molar-refractivity contribution < 1.29 is 9.18 Å². The van der Waals surface area contributed by atoms with Crippen molar-refractivity contribution >= 4 is 69.9 Å². The first-order valence-corrected chi connectivity index (χ1v) is 12.6. The summed E-state index contributed by atoms with van der Waals surface area (Å²) < 4.78 is 15.0. The molecular weight excluding hydrogens is 555 g/mol. The summed E-state index contributed by atoms with van der Waals surface area (Å²) in [5.41, 5.74) is 1.99. The zero-order chi connectivity index (χ0) is 24.9. The Balaban J connectivity index is 1.54. The molecule has 0 aliphatic carbocycles. The quantitative estimate of drug-likeness (QED) is 0.224. The van der Waals surface area contributed by atoms with E-state index in [0.29, 0.717) is 48.2 Å². The highest BCUT2D eigenvalue weighted by Gasteiger charge is 2.18. The standard InChI is InChI=1S/C23H16Cl4FN5OS/c24-14-3-8-20(19(27)9-14)33-21(11-29-22(34)30-16-6-7-17(25)18(26)10-16)31-32-23(33)35-12-13-1-4-15(28)5-2-13/h1-10H,11-12H2,(H2,29,30,34). The summed E-state index contributed by atoms with van der Waals surface area (Å²) in [7, 11) is 0. The largest absolute Gasteiger partial charge is 0.331 e. The Labute approximate surface area is 224 Å². The van der Waals surface area contributed by atoms with E-state index in [1.54, 1.807) is 53.1 Å². The molecular formula is C23H16Cl4FN5OS. The topological polar surface area (TPSA) is 71.8 Å². The van der Waals surface area contributed by atoms with Gasteiger partial charge in [-0.25, -0.2) is 9.18 Å². The maximum absolute atomic E-state index is 13.2. The molecule has 0 spiro atoms. The summed E-state index contributed by atoms with van der Waals surface area (Å²) in [6.45, 7) is 0.0518. The van der Waals surface area contributed by atoms with Crippen molar-refractivity contribution in [1.82, 2.24) is 20.1 Å². The smallest absolute Gasteiger partial charge is 0.319 e. The zero-order valence-corrected chi connectivity index (χ0v) is 21.6. The number of nitrogens with zero attached hydrogens (tertiary/aromatic N) is 3. The van der Waals surface area contributed by atoms with E-state index in [4.69, 9.17) is 46.4 Å². The van der Waals surface area contributed by atoms with E-state index in [-0.39, 0.29) is 12.4 Å². The van der Waals surface area contributed by atoms with Crippen molar-refractivity contribution in [3.63, 3.8) is 0 Å². The molecule has 4 rings (SSSR count). The summed E-state index contributed by atoms with van der Waals surface area (Å²) in [6.07, 6.45) is 0. The van der Waals surface area contributed by atoms with Gasteiger partial charge in [0.25, 0.3) is 0 Å². The molecule has 0 unspecified atom stereocenters. The van der Waals surface area contributed by atoms with E-state index in [1.165, 1.54) is 23.9 Å². The molecule has 180 valence electrons. The van der Waals surface area contributed by atoms with Gasteiger partial charge in [0.05, 0.1) is 27.3 Å². The van der Waals surface area contributed by atoms with Crippen LogP contribution < -0.4 is 10.6 Å². The van der Waals surface area contributed by atoms with E-state index in [1.807, 2.05) is 0 Å². The minimum atomic E-state index is -0.472. The van der Waals surface area contributed by atoms with Gasteiger partial charge in [-0.1, -0.05) is 70.3 Å². The molecule has 6 nitrogen and oxygen atoms in total. The van der Waals surface area contributed by atoms with E-state index in [0.717, 1.165) is 5.56 Å². The van der Waals surface area contributed by atoms with Crippen molar-refractivity contribution in [2.75, 3.05) is 5.32 Å². The number of urea groups is 1. The number of thioether (sulfide) groups is 1. The maximum atomic E-state index is 13.2. The molecule has 0 radical (unpaired) electrons. The average molecular weight is 571 g/mol. The summed E-state index contributed by atoms with van der Waals surface area (Å²) in [5.74, 6) is 0.664. The highest BCUT2D eigenvalue weighted by molar-refractivity contribution is 7.98. The molecule has 0 saturated heterocycles. The van der Waals surface area contributed by atoms with Gasteiger partial charge in [0.2, 0.25) is 0 Å². The van der Waals surface area contributed by atoms with Crippen LogP contribution in [0.25, 0.3) is 5.69 Å². The van der Waals surface area contributed by atoms with Gasteiger partial charge in [-0.2, -0.15) is 0 Å². The zero-order valence-electron chi connectivity index (χ0n) is 17.7. The fourth-order valence-corrected chi connectivity index (χ4v) is 4.76. The van der Waals surface area contributed by atoms with Crippen LogP contribution in [0.3, 0.4) is 0 Å². The van der Waals surface area contributed by atoms with Gasteiger partial charge in [-0.3, -0.25) is 4.57 Å². The van der Waals surface area contributed by atoms with Gasteiger partial charge >= 0.3 is 6.03 Å². The molecule has 0 saturated carbocycles. The number of halogens is 5. The van der Waals surface area contributed by atoms with E-state index >= 15 is 0 Å². The van der Waals surface area contributed by atoms with Crippen LogP contribution in [-0.2, 0) is 12.3 Å². The van der Waals surface area contributed by atoms with Crippen molar-refractivity contribution in [1.29, 1.82) is 0 Å². The number of aromatic nitrogens is 3. The lowest BCUT2D eigenvalue weighted by molar-refractivity contribution is 0.251. The molecule has 0 aliphatic heterocycles. The van der Waals surface area contributed by atoms with E-state index in [9.17, 15) is 9.18 Å². The molecule has 1 aromatic heterocycles. The molecule has 2 amide bonds. The first-order valence-electron chi connectivity index (χ1n) is 10.1. The Kier molecular flexibility index (Phi) is 8.41. The van der Waals surface area contributed by atoms with Crippen LogP contribution >= 0.6 is 58.2 Å². The highest BCUT2D eigenvalue weighted by atomic mass is 35.5. The number of nitrogens with one attached hydrogen (secondary N) is 2. The third-order valence-corrected chi connectivity index (χ3v) is 6.99. The fourth-order valence-electron chi connectivity index (χ4n) is 3.05. The number of benzene rings is 3. The minimum absolute atomic E-state index is 0.0518. The molecule has 0 atom stereocenters. The van der Waals surface area contributed by atoms with E-state index in [2.05, 4.69) is 20.8 Å². The third kappa shape index (κ3) is 6.59. The van der Waals surface area contributed by atoms with Crippen LogP contribution in [0.15, 0.2) is 65.8 Å². The molecule has 0 bridgehead atoms. The predicted molar refractivity (Wildman–Crippen MR) is 140 cm³/mol. The number of amides is 2. The number of anilines is 1. The Morgan fingerprint density at radius 1 is 0.914 bits per heavy atom. The first-order chi connectivity index (χ1) is 16.8. The van der Waals surface area contributed by atoms with Crippen LogP contribution in [0.2, 0.25) is 20.1 Å². The molecule has 4 aromatic rings. The number of carbonyl (C=O) groups is 1. The molecule has 1 heterocycles. The van der Waals surface area contributed by atoms with E-state index < -0.39 is 6.03 Å². The third-order valence-electron chi connectivity index (χ3n) is 4.72. The SMILES string of the molecule is O=C(NCc1nnc(SCc2ccc(F)cc2)n1-c1ccc(Cl)cc1Cl)Nc1ccc(Cl)c(Cl)c1. The Bertz CT molecular complexity index is 1370.